The number of rotatable bonds is 60. The molecule has 0 rings (SSSR count). The van der Waals surface area contributed by atoms with Crippen LogP contribution in [0.4, 0.5) is 0 Å². The topological polar surface area (TPSA) is 78.9 Å². The molecular weight excluding hydrogens is 901 g/mol. The average molecular weight is 1030 g/mol. The smallest absolute Gasteiger partial charge is 0.306 e. The van der Waals surface area contributed by atoms with Gasteiger partial charge in [0, 0.05) is 19.3 Å². The normalized spacial score (nSPS) is 12.2. The lowest BCUT2D eigenvalue weighted by atomic mass is 10.0. The summed E-state index contributed by atoms with van der Waals surface area (Å²) in [6.45, 7) is 6.64. The molecule has 0 amide bonds. The Kier molecular flexibility index (Phi) is 60.2. The molecule has 6 heteroatoms. The molecule has 428 valence electrons. The number of allylic oxidation sites excluding steroid dienone is 6. The van der Waals surface area contributed by atoms with E-state index in [2.05, 4.69) is 57.2 Å². The highest BCUT2D eigenvalue weighted by atomic mass is 16.6. The summed E-state index contributed by atoms with van der Waals surface area (Å²) < 4.78 is 16.9. The molecule has 0 fully saturated rings. The van der Waals surface area contributed by atoms with E-state index in [4.69, 9.17) is 14.2 Å². The molecule has 0 aliphatic heterocycles. The van der Waals surface area contributed by atoms with E-state index in [1.54, 1.807) is 0 Å². The Morgan fingerprint density at radius 2 is 0.493 bits per heavy atom. The summed E-state index contributed by atoms with van der Waals surface area (Å²) in [5.41, 5.74) is 0. The molecule has 0 spiro atoms. The van der Waals surface area contributed by atoms with Gasteiger partial charge in [0.25, 0.3) is 0 Å². The fourth-order valence-electron chi connectivity index (χ4n) is 9.71. The zero-order valence-electron chi connectivity index (χ0n) is 49.2. The van der Waals surface area contributed by atoms with Gasteiger partial charge in [-0.25, -0.2) is 0 Å². The summed E-state index contributed by atoms with van der Waals surface area (Å²) in [4.78, 5) is 38.2. The lowest BCUT2D eigenvalue weighted by Gasteiger charge is -2.18. The summed E-state index contributed by atoms with van der Waals surface area (Å²) in [6.07, 6.45) is 76.0. The number of hydrogen-bond acceptors (Lipinski definition) is 6. The van der Waals surface area contributed by atoms with Gasteiger partial charge in [0.2, 0.25) is 0 Å². The summed E-state index contributed by atoms with van der Waals surface area (Å²) in [5.74, 6) is -0.855. The fraction of sp³-hybridized carbons (Fsp3) is 0.866. The minimum absolute atomic E-state index is 0.0694. The zero-order valence-corrected chi connectivity index (χ0v) is 49.2. The molecule has 0 aromatic carbocycles. The number of ether oxygens (including phenoxy) is 3. The molecule has 0 N–H and O–H groups in total. The van der Waals surface area contributed by atoms with Crippen LogP contribution in [0.3, 0.4) is 0 Å². The highest BCUT2D eigenvalue weighted by molar-refractivity contribution is 5.71. The summed E-state index contributed by atoms with van der Waals surface area (Å²) in [7, 11) is 0. The molecule has 0 saturated heterocycles. The first kappa shape index (κ1) is 70.6. The van der Waals surface area contributed by atoms with E-state index in [1.165, 1.54) is 250 Å². The van der Waals surface area contributed by atoms with E-state index >= 15 is 0 Å². The number of carbonyl (C=O) groups excluding carboxylic acids is 3. The second kappa shape index (κ2) is 62.2. The van der Waals surface area contributed by atoms with Crippen molar-refractivity contribution < 1.29 is 28.6 Å². The molecule has 0 heterocycles. The molecular formula is C67H124O6. The quantitative estimate of drug-likeness (QED) is 0.0261. The minimum Gasteiger partial charge on any atom is -0.462 e. The van der Waals surface area contributed by atoms with Gasteiger partial charge in [-0.1, -0.05) is 295 Å². The lowest BCUT2D eigenvalue weighted by Crippen LogP contribution is -2.30. The maximum Gasteiger partial charge on any atom is 0.306 e. The van der Waals surface area contributed by atoms with Gasteiger partial charge in [-0.05, 0) is 77.0 Å². The van der Waals surface area contributed by atoms with E-state index in [1.807, 2.05) is 0 Å². The summed E-state index contributed by atoms with van der Waals surface area (Å²) in [5, 5.41) is 0. The Labute approximate surface area is 455 Å². The minimum atomic E-state index is -0.771. The molecule has 6 nitrogen and oxygen atoms in total. The van der Waals surface area contributed by atoms with Crippen molar-refractivity contribution in [1.29, 1.82) is 0 Å². The highest BCUT2D eigenvalue weighted by Crippen LogP contribution is 2.17. The third kappa shape index (κ3) is 60.4. The molecule has 0 aromatic heterocycles. The van der Waals surface area contributed by atoms with Crippen molar-refractivity contribution in [1.82, 2.24) is 0 Å². The monoisotopic (exact) mass is 1020 g/mol. The highest BCUT2D eigenvalue weighted by Gasteiger charge is 2.19. The lowest BCUT2D eigenvalue weighted by molar-refractivity contribution is -0.167. The Balaban J connectivity index is 4.13. The van der Waals surface area contributed by atoms with Crippen LogP contribution in [0, 0.1) is 0 Å². The molecule has 73 heavy (non-hydrogen) atoms. The molecule has 0 aliphatic carbocycles. The van der Waals surface area contributed by atoms with Gasteiger partial charge in [0.1, 0.15) is 13.2 Å². The largest absolute Gasteiger partial charge is 0.462 e. The Morgan fingerprint density at radius 3 is 0.795 bits per heavy atom. The van der Waals surface area contributed by atoms with Crippen LogP contribution in [0.15, 0.2) is 36.5 Å². The third-order valence-electron chi connectivity index (χ3n) is 14.6. The second-order valence-electron chi connectivity index (χ2n) is 22.0. The predicted molar refractivity (Wildman–Crippen MR) is 316 cm³/mol. The van der Waals surface area contributed by atoms with Crippen molar-refractivity contribution in [2.45, 2.75) is 361 Å². The number of esters is 3. The van der Waals surface area contributed by atoms with E-state index in [0.717, 1.165) is 64.2 Å². The first-order valence-electron chi connectivity index (χ1n) is 32.5. The van der Waals surface area contributed by atoms with Crippen molar-refractivity contribution in [2.24, 2.45) is 0 Å². The van der Waals surface area contributed by atoms with Crippen LogP contribution >= 0.6 is 0 Å². The van der Waals surface area contributed by atoms with Crippen LogP contribution in [0.25, 0.3) is 0 Å². The first-order chi connectivity index (χ1) is 36.0. The van der Waals surface area contributed by atoms with Crippen LogP contribution < -0.4 is 0 Å². The van der Waals surface area contributed by atoms with Crippen LogP contribution in [0.2, 0.25) is 0 Å². The van der Waals surface area contributed by atoms with Crippen LogP contribution in [-0.2, 0) is 28.6 Å². The summed E-state index contributed by atoms with van der Waals surface area (Å²) in [6, 6.07) is 0. The van der Waals surface area contributed by atoms with Crippen molar-refractivity contribution in [3.05, 3.63) is 36.5 Å². The summed E-state index contributed by atoms with van der Waals surface area (Å²) >= 11 is 0. The molecule has 0 bridgehead atoms. The van der Waals surface area contributed by atoms with E-state index in [-0.39, 0.29) is 31.1 Å². The van der Waals surface area contributed by atoms with Gasteiger partial charge in [0.05, 0.1) is 0 Å². The average Bonchev–Trinajstić information content (AvgIpc) is 3.39. The third-order valence-corrected chi connectivity index (χ3v) is 14.6. The second-order valence-corrected chi connectivity index (χ2v) is 22.0. The Bertz CT molecular complexity index is 1220. The Morgan fingerprint density at radius 1 is 0.274 bits per heavy atom. The van der Waals surface area contributed by atoms with Gasteiger partial charge >= 0.3 is 17.9 Å². The van der Waals surface area contributed by atoms with Crippen molar-refractivity contribution in [2.75, 3.05) is 13.2 Å². The van der Waals surface area contributed by atoms with Gasteiger partial charge < -0.3 is 14.2 Å². The van der Waals surface area contributed by atoms with E-state index in [0.29, 0.717) is 19.3 Å². The number of unbranched alkanes of at least 4 members (excludes halogenated alkanes) is 43. The molecule has 0 radical (unpaired) electrons. The Hall–Kier alpha value is -2.37. The van der Waals surface area contributed by atoms with Gasteiger partial charge in [-0.3, -0.25) is 14.4 Å². The van der Waals surface area contributed by atoms with Crippen LogP contribution in [-0.4, -0.2) is 37.2 Å². The van der Waals surface area contributed by atoms with Gasteiger partial charge in [-0.15, -0.1) is 0 Å². The van der Waals surface area contributed by atoms with Gasteiger partial charge in [0.15, 0.2) is 6.10 Å². The van der Waals surface area contributed by atoms with Crippen LogP contribution in [0.1, 0.15) is 355 Å². The predicted octanol–water partition coefficient (Wildman–Crippen LogP) is 22.0. The first-order valence-corrected chi connectivity index (χ1v) is 32.5. The maximum absolute atomic E-state index is 12.9. The number of carbonyl (C=O) groups is 3. The molecule has 0 aliphatic rings. The molecule has 0 saturated carbocycles. The maximum atomic E-state index is 12.9. The molecule has 1 unspecified atom stereocenters. The van der Waals surface area contributed by atoms with Crippen molar-refractivity contribution >= 4 is 17.9 Å². The number of hydrogen-bond donors (Lipinski definition) is 0. The zero-order chi connectivity index (χ0) is 52.9. The molecule has 0 aromatic rings. The SMILES string of the molecule is CCCCC/C=C\C/C=C\CCCCCCCCCCCC(=O)OC(COC(=O)CCCCCCCCCCC)COC(=O)CCCCCCCCCCCCCCCCC/C=C\CCCCCCCCCC. The van der Waals surface area contributed by atoms with Crippen LogP contribution in [0.5, 0.6) is 0 Å². The van der Waals surface area contributed by atoms with E-state index < -0.39 is 6.10 Å². The molecule has 1 atom stereocenters. The van der Waals surface area contributed by atoms with Gasteiger partial charge in [-0.2, -0.15) is 0 Å². The van der Waals surface area contributed by atoms with Crippen molar-refractivity contribution in [3.63, 3.8) is 0 Å². The van der Waals surface area contributed by atoms with Crippen molar-refractivity contribution in [3.8, 4) is 0 Å². The van der Waals surface area contributed by atoms with E-state index in [9.17, 15) is 14.4 Å². The standard InChI is InChI=1S/C67H124O6/c1-4-7-10-13-16-19-21-23-25-27-29-30-31-32-33-34-35-36-38-39-41-43-45-48-51-54-57-60-66(69)72-63-64(62-71-65(68)59-56-53-50-47-18-15-12-9-6-3)73-67(70)61-58-55-52-49-46-44-42-40-37-28-26-24-22-20-17-14-11-8-5-2/h17,20,24,26-27,29,64H,4-16,18-19,21-23,25,28,30-63H2,1-3H3/b20-17-,26-24-,29-27-. The fourth-order valence-corrected chi connectivity index (χ4v) is 9.71.